The standard InChI is InChI=1S/C18H18O4/c1-20-16-10-12-8-9-15(22-13-6-4-3-5-7-13)18(19)14(12)11-17(16)21-2/h3-11,15,18-19H,1-2H3/t15-,18-/m1/s1. The van der Waals surface area contributed by atoms with Crippen LogP contribution in [0.5, 0.6) is 17.2 Å². The highest BCUT2D eigenvalue weighted by Gasteiger charge is 2.27. The fourth-order valence-corrected chi connectivity index (χ4v) is 2.55. The maximum Gasteiger partial charge on any atom is 0.161 e. The summed E-state index contributed by atoms with van der Waals surface area (Å²) >= 11 is 0. The molecule has 0 fully saturated rings. The van der Waals surface area contributed by atoms with E-state index in [2.05, 4.69) is 0 Å². The topological polar surface area (TPSA) is 47.9 Å². The lowest BCUT2D eigenvalue weighted by Crippen LogP contribution is -2.26. The third-order valence-corrected chi connectivity index (χ3v) is 3.70. The van der Waals surface area contributed by atoms with E-state index < -0.39 is 12.2 Å². The molecule has 4 heteroatoms. The van der Waals surface area contributed by atoms with Gasteiger partial charge in [0.15, 0.2) is 11.5 Å². The Morgan fingerprint density at radius 3 is 2.32 bits per heavy atom. The van der Waals surface area contributed by atoms with Gasteiger partial charge in [0.05, 0.1) is 14.2 Å². The first-order valence-electron chi connectivity index (χ1n) is 7.07. The van der Waals surface area contributed by atoms with Gasteiger partial charge in [0, 0.05) is 0 Å². The van der Waals surface area contributed by atoms with Gasteiger partial charge in [-0.3, -0.25) is 0 Å². The average molecular weight is 298 g/mol. The van der Waals surface area contributed by atoms with Crippen LogP contribution in [-0.2, 0) is 0 Å². The van der Waals surface area contributed by atoms with Crippen molar-refractivity contribution >= 4 is 6.08 Å². The predicted octanol–water partition coefficient (Wildman–Crippen LogP) is 3.21. The summed E-state index contributed by atoms with van der Waals surface area (Å²) in [5, 5.41) is 10.6. The van der Waals surface area contributed by atoms with E-state index >= 15 is 0 Å². The number of benzene rings is 2. The molecule has 1 aliphatic rings. The number of ether oxygens (including phenoxy) is 3. The number of methoxy groups -OCH3 is 2. The Kier molecular flexibility index (Phi) is 4.02. The van der Waals surface area contributed by atoms with Gasteiger partial charge in [0.2, 0.25) is 0 Å². The normalized spacial score (nSPS) is 19.4. The van der Waals surface area contributed by atoms with E-state index in [1.54, 1.807) is 20.3 Å². The zero-order valence-electron chi connectivity index (χ0n) is 12.5. The second kappa shape index (κ2) is 6.12. The Labute approximate surface area is 129 Å². The maximum absolute atomic E-state index is 10.6. The first kappa shape index (κ1) is 14.5. The van der Waals surface area contributed by atoms with E-state index in [1.807, 2.05) is 48.6 Å². The van der Waals surface area contributed by atoms with Crippen molar-refractivity contribution in [1.82, 2.24) is 0 Å². The Morgan fingerprint density at radius 1 is 0.955 bits per heavy atom. The van der Waals surface area contributed by atoms with Gasteiger partial charge in [-0.15, -0.1) is 0 Å². The van der Waals surface area contributed by atoms with E-state index in [1.165, 1.54) is 0 Å². The monoisotopic (exact) mass is 298 g/mol. The third kappa shape index (κ3) is 2.65. The van der Waals surface area contributed by atoms with Crippen LogP contribution in [0.2, 0.25) is 0 Å². The summed E-state index contributed by atoms with van der Waals surface area (Å²) in [6, 6.07) is 13.1. The predicted molar refractivity (Wildman–Crippen MR) is 84.4 cm³/mol. The highest BCUT2D eigenvalue weighted by molar-refractivity contribution is 5.64. The zero-order chi connectivity index (χ0) is 15.5. The molecule has 0 amide bonds. The van der Waals surface area contributed by atoms with Crippen molar-refractivity contribution < 1.29 is 19.3 Å². The molecule has 0 heterocycles. The molecule has 0 unspecified atom stereocenters. The minimum Gasteiger partial charge on any atom is -0.493 e. The van der Waals surface area contributed by atoms with Crippen LogP contribution >= 0.6 is 0 Å². The lowest BCUT2D eigenvalue weighted by Gasteiger charge is -2.27. The smallest absolute Gasteiger partial charge is 0.161 e. The molecule has 0 saturated heterocycles. The number of hydrogen-bond donors (Lipinski definition) is 1. The fraction of sp³-hybridized carbons (Fsp3) is 0.222. The Hall–Kier alpha value is -2.46. The number of aliphatic hydroxyl groups excluding tert-OH is 1. The molecule has 22 heavy (non-hydrogen) atoms. The molecule has 0 aliphatic heterocycles. The molecule has 1 aliphatic carbocycles. The van der Waals surface area contributed by atoms with Crippen LogP contribution in [-0.4, -0.2) is 25.4 Å². The second-order valence-electron chi connectivity index (χ2n) is 5.04. The summed E-state index contributed by atoms with van der Waals surface area (Å²) in [5.41, 5.74) is 1.67. The van der Waals surface area contributed by atoms with Gasteiger partial charge in [-0.05, 0) is 41.5 Å². The van der Waals surface area contributed by atoms with E-state index in [0.717, 1.165) is 16.9 Å². The molecule has 0 aromatic heterocycles. The van der Waals surface area contributed by atoms with E-state index in [0.29, 0.717) is 11.5 Å². The second-order valence-corrected chi connectivity index (χ2v) is 5.04. The van der Waals surface area contributed by atoms with Crippen LogP contribution in [0.25, 0.3) is 6.08 Å². The third-order valence-electron chi connectivity index (χ3n) is 3.70. The largest absolute Gasteiger partial charge is 0.493 e. The van der Waals surface area contributed by atoms with E-state index in [4.69, 9.17) is 14.2 Å². The Morgan fingerprint density at radius 2 is 1.64 bits per heavy atom. The Balaban J connectivity index is 1.90. The fourth-order valence-electron chi connectivity index (χ4n) is 2.55. The molecule has 0 spiro atoms. The zero-order valence-corrected chi connectivity index (χ0v) is 12.5. The van der Waals surface area contributed by atoms with Gasteiger partial charge in [-0.1, -0.05) is 24.3 Å². The summed E-state index contributed by atoms with van der Waals surface area (Å²) in [7, 11) is 3.17. The van der Waals surface area contributed by atoms with Crippen LogP contribution in [0.3, 0.4) is 0 Å². The van der Waals surface area contributed by atoms with E-state index in [-0.39, 0.29) is 0 Å². The van der Waals surface area contributed by atoms with Crippen molar-refractivity contribution in [2.75, 3.05) is 14.2 Å². The molecule has 2 aromatic rings. The number of para-hydroxylation sites is 1. The summed E-state index contributed by atoms with van der Waals surface area (Å²) in [4.78, 5) is 0. The van der Waals surface area contributed by atoms with Crippen molar-refractivity contribution in [3.63, 3.8) is 0 Å². The number of hydrogen-bond acceptors (Lipinski definition) is 4. The molecule has 114 valence electrons. The lowest BCUT2D eigenvalue weighted by molar-refractivity contribution is 0.0621. The Bertz CT molecular complexity index is 679. The first-order valence-corrected chi connectivity index (χ1v) is 7.07. The van der Waals surface area contributed by atoms with Crippen LogP contribution in [0.4, 0.5) is 0 Å². The van der Waals surface area contributed by atoms with Crippen molar-refractivity contribution in [3.8, 4) is 17.2 Å². The van der Waals surface area contributed by atoms with Gasteiger partial charge < -0.3 is 19.3 Å². The van der Waals surface area contributed by atoms with E-state index in [9.17, 15) is 5.11 Å². The minimum absolute atomic E-state index is 0.437. The lowest BCUT2D eigenvalue weighted by atomic mass is 9.92. The average Bonchev–Trinajstić information content (AvgIpc) is 2.57. The number of rotatable bonds is 4. The van der Waals surface area contributed by atoms with Gasteiger partial charge in [0.25, 0.3) is 0 Å². The molecular formula is C18H18O4. The van der Waals surface area contributed by atoms with Crippen molar-refractivity contribution in [3.05, 3.63) is 59.7 Å². The summed E-state index contributed by atoms with van der Waals surface area (Å²) in [6.07, 6.45) is 2.58. The van der Waals surface area contributed by atoms with Crippen LogP contribution in [0, 0.1) is 0 Å². The quantitative estimate of drug-likeness (QED) is 0.941. The first-order chi connectivity index (χ1) is 10.7. The molecule has 3 rings (SSSR count). The van der Waals surface area contributed by atoms with Crippen LogP contribution < -0.4 is 14.2 Å². The minimum atomic E-state index is -0.764. The van der Waals surface area contributed by atoms with Gasteiger partial charge in [-0.25, -0.2) is 0 Å². The van der Waals surface area contributed by atoms with Crippen LogP contribution in [0.15, 0.2) is 48.5 Å². The van der Waals surface area contributed by atoms with Crippen molar-refractivity contribution in [1.29, 1.82) is 0 Å². The molecular weight excluding hydrogens is 280 g/mol. The highest BCUT2D eigenvalue weighted by atomic mass is 16.5. The van der Waals surface area contributed by atoms with Crippen LogP contribution in [0.1, 0.15) is 17.2 Å². The highest BCUT2D eigenvalue weighted by Crippen LogP contribution is 2.38. The molecule has 0 saturated carbocycles. The van der Waals surface area contributed by atoms with Gasteiger partial charge in [0.1, 0.15) is 18.0 Å². The molecule has 2 aromatic carbocycles. The molecule has 1 N–H and O–H groups in total. The molecule has 4 nitrogen and oxygen atoms in total. The summed E-state index contributed by atoms with van der Waals surface area (Å²) < 4.78 is 16.4. The van der Waals surface area contributed by atoms with Gasteiger partial charge in [-0.2, -0.15) is 0 Å². The maximum atomic E-state index is 10.6. The van der Waals surface area contributed by atoms with Crippen molar-refractivity contribution in [2.24, 2.45) is 0 Å². The number of fused-ring (bicyclic) bond motifs is 1. The molecule has 0 radical (unpaired) electrons. The summed E-state index contributed by atoms with van der Waals surface area (Å²) in [5.74, 6) is 1.95. The summed E-state index contributed by atoms with van der Waals surface area (Å²) in [6.45, 7) is 0. The SMILES string of the molecule is COc1cc2c(cc1OC)[C@@H](O)[C@H](Oc1ccccc1)C=C2. The number of aliphatic hydroxyl groups is 1. The van der Waals surface area contributed by atoms with Gasteiger partial charge >= 0.3 is 0 Å². The molecule has 2 atom stereocenters. The van der Waals surface area contributed by atoms with Crippen molar-refractivity contribution in [2.45, 2.75) is 12.2 Å². The molecule has 0 bridgehead atoms.